The highest BCUT2D eigenvalue weighted by atomic mass is 32.1. The third-order valence-corrected chi connectivity index (χ3v) is 3.94. The summed E-state index contributed by atoms with van der Waals surface area (Å²) in [6.45, 7) is 1.93. The molecule has 1 fully saturated rings. The first-order valence-electron chi connectivity index (χ1n) is 6.88. The molecule has 1 aliphatic rings. The normalized spacial score (nSPS) is 15.9. The van der Waals surface area contributed by atoms with E-state index in [0.29, 0.717) is 19.6 Å². The van der Waals surface area contributed by atoms with Gasteiger partial charge in [-0.25, -0.2) is 9.78 Å². The van der Waals surface area contributed by atoms with Crippen molar-refractivity contribution in [3.05, 3.63) is 16.6 Å². The van der Waals surface area contributed by atoms with Crippen molar-refractivity contribution in [2.75, 3.05) is 19.7 Å². The Balaban J connectivity index is 1.63. The number of carbonyl (C=O) groups excluding carboxylic acids is 1. The summed E-state index contributed by atoms with van der Waals surface area (Å²) in [7, 11) is 0. The number of hydrogen-bond donors (Lipinski definition) is 2. The molecule has 0 aliphatic carbocycles. The minimum atomic E-state index is -0.853. The van der Waals surface area contributed by atoms with Gasteiger partial charge in [0.05, 0.1) is 36.9 Å². The lowest BCUT2D eigenvalue weighted by Crippen LogP contribution is -2.45. The number of urea groups is 1. The van der Waals surface area contributed by atoms with Crippen LogP contribution in [0.15, 0.2) is 10.9 Å². The van der Waals surface area contributed by atoms with Gasteiger partial charge in [0.15, 0.2) is 0 Å². The number of carboxylic acid groups (broad SMARTS) is 1. The topological polar surface area (TPSA) is 91.8 Å². The van der Waals surface area contributed by atoms with Crippen LogP contribution in [-0.2, 0) is 16.1 Å². The highest BCUT2D eigenvalue weighted by Gasteiger charge is 2.23. The minimum absolute atomic E-state index is 0.0222. The molecular formula is C13H19N3O4S. The van der Waals surface area contributed by atoms with E-state index in [4.69, 9.17) is 9.84 Å². The Hall–Kier alpha value is -1.67. The van der Waals surface area contributed by atoms with Gasteiger partial charge in [-0.05, 0) is 12.8 Å². The summed E-state index contributed by atoms with van der Waals surface area (Å²) in [6, 6.07) is -0.0908. The molecule has 0 unspecified atom stereocenters. The van der Waals surface area contributed by atoms with Gasteiger partial charge in [0.1, 0.15) is 0 Å². The van der Waals surface area contributed by atoms with Gasteiger partial charge in [-0.2, -0.15) is 0 Å². The molecule has 2 heterocycles. The molecule has 1 aromatic rings. The van der Waals surface area contributed by atoms with Crippen molar-refractivity contribution in [3.63, 3.8) is 0 Å². The number of aliphatic carboxylic acids is 1. The summed E-state index contributed by atoms with van der Waals surface area (Å²) >= 11 is 1.50. The van der Waals surface area contributed by atoms with Crippen molar-refractivity contribution >= 4 is 23.3 Å². The summed E-state index contributed by atoms with van der Waals surface area (Å²) in [5, 5.41) is 13.3. The fourth-order valence-corrected chi connectivity index (χ4v) is 2.70. The highest BCUT2D eigenvalue weighted by molar-refractivity contribution is 7.07. The van der Waals surface area contributed by atoms with Crippen LogP contribution in [0.3, 0.4) is 0 Å². The van der Waals surface area contributed by atoms with Crippen molar-refractivity contribution < 1.29 is 19.4 Å². The first-order valence-corrected chi connectivity index (χ1v) is 7.82. The Morgan fingerprint density at radius 2 is 2.24 bits per heavy atom. The average Bonchev–Trinajstić information content (AvgIpc) is 2.98. The maximum absolute atomic E-state index is 12.0. The Morgan fingerprint density at radius 1 is 1.48 bits per heavy atom. The lowest BCUT2D eigenvalue weighted by Gasteiger charge is -2.31. The Labute approximate surface area is 126 Å². The van der Waals surface area contributed by atoms with Crippen LogP contribution in [0.2, 0.25) is 0 Å². The molecule has 2 rings (SSSR count). The van der Waals surface area contributed by atoms with Crippen LogP contribution >= 0.6 is 11.3 Å². The number of nitrogens with one attached hydrogen (secondary N) is 1. The number of ether oxygens (including phenoxy) is 1. The molecule has 7 nitrogen and oxygen atoms in total. The second-order valence-electron chi connectivity index (χ2n) is 4.84. The number of carboxylic acids is 1. The van der Waals surface area contributed by atoms with Gasteiger partial charge in [-0.15, -0.1) is 11.3 Å². The van der Waals surface area contributed by atoms with E-state index in [1.54, 1.807) is 10.4 Å². The number of amides is 2. The monoisotopic (exact) mass is 313 g/mol. The number of piperidine rings is 1. The fraction of sp³-hybridized carbons (Fsp3) is 0.615. The molecule has 8 heteroatoms. The number of rotatable bonds is 6. The van der Waals surface area contributed by atoms with E-state index in [0.717, 1.165) is 18.5 Å². The van der Waals surface area contributed by atoms with Crippen LogP contribution in [-0.4, -0.2) is 52.8 Å². The molecule has 1 aromatic heterocycles. The molecule has 0 atom stereocenters. The van der Waals surface area contributed by atoms with E-state index in [2.05, 4.69) is 10.3 Å². The van der Waals surface area contributed by atoms with Gasteiger partial charge in [-0.3, -0.25) is 4.79 Å². The third kappa shape index (κ3) is 5.31. The molecule has 2 amide bonds. The quantitative estimate of drug-likeness (QED) is 0.826. The van der Waals surface area contributed by atoms with E-state index in [-0.39, 0.29) is 25.2 Å². The van der Waals surface area contributed by atoms with E-state index >= 15 is 0 Å². The summed E-state index contributed by atoms with van der Waals surface area (Å²) < 4.78 is 5.49. The maximum Gasteiger partial charge on any atom is 0.317 e. The molecular weight excluding hydrogens is 294 g/mol. The van der Waals surface area contributed by atoms with E-state index in [9.17, 15) is 9.59 Å². The summed E-state index contributed by atoms with van der Waals surface area (Å²) in [5.41, 5.74) is 2.60. The van der Waals surface area contributed by atoms with Gasteiger partial charge in [-0.1, -0.05) is 0 Å². The Morgan fingerprint density at radius 3 is 2.86 bits per heavy atom. The number of aromatic nitrogens is 1. The largest absolute Gasteiger partial charge is 0.481 e. The zero-order valence-corrected chi connectivity index (χ0v) is 12.5. The van der Waals surface area contributed by atoms with E-state index < -0.39 is 5.97 Å². The summed E-state index contributed by atoms with van der Waals surface area (Å²) in [5.74, 6) is -0.853. The SMILES string of the molecule is O=C(O)CCOC1CCN(C(=O)NCc2cscn2)CC1. The second-order valence-corrected chi connectivity index (χ2v) is 5.56. The van der Waals surface area contributed by atoms with Gasteiger partial charge in [0.2, 0.25) is 0 Å². The lowest BCUT2D eigenvalue weighted by atomic mass is 10.1. The van der Waals surface area contributed by atoms with Gasteiger partial charge < -0.3 is 20.1 Å². The standard InChI is InChI=1S/C13H19N3O4S/c17-12(18)3-6-20-11-1-4-16(5-2-11)13(19)14-7-10-8-21-9-15-10/h8-9,11H,1-7H2,(H,14,19)(H,17,18). The van der Waals surface area contributed by atoms with Crippen LogP contribution in [0.25, 0.3) is 0 Å². The zero-order chi connectivity index (χ0) is 15.1. The van der Waals surface area contributed by atoms with Crippen LogP contribution < -0.4 is 5.32 Å². The maximum atomic E-state index is 12.0. The average molecular weight is 313 g/mol. The predicted octanol–water partition coefficient (Wildman–Crippen LogP) is 1.31. The highest BCUT2D eigenvalue weighted by Crippen LogP contribution is 2.14. The minimum Gasteiger partial charge on any atom is -0.481 e. The summed E-state index contributed by atoms with van der Waals surface area (Å²) in [4.78, 5) is 28.2. The Bertz CT molecular complexity index is 458. The number of thiazole rings is 1. The molecule has 0 saturated carbocycles. The van der Waals surface area contributed by atoms with Crippen molar-refractivity contribution in [2.45, 2.75) is 31.9 Å². The first-order chi connectivity index (χ1) is 10.1. The lowest BCUT2D eigenvalue weighted by molar-refractivity contribution is -0.138. The summed E-state index contributed by atoms with van der Waals surface area (Å²) in [6.07, 6.45) is 1.55. The molecule has 0 spiro atoms. The van der Waals surface area contributed by atoms with Gasteiger partial charge in [0, 0.05) is 18.5 Å². The van der Waals surface area contributed by atoms with Gasteiger partial charge in [0.25, 0.3) is 0 Å². The number of nitrogens with zero attached hydrogens (tertiary/aromatic N) is 2. The van der Waals surface area contributed by atoms with E-state index in [1.165, 1.54) is 11.3 Å². The van der Waals surface area contributed by atoms with Crippen molar-refractivity contribution in [1.29, 1.82) is 0 Å². The van der Waals surface area contributed by atoms with E-state index in [1.807, 2.05) is 5.38 Å². The van der Waals surface area contributed by atoms with Crippen LogP contribution in [0.5, 0.6) is 0 Å². The molecule has 0 bridgehead atoms. The molecule has 0 aromatic carbocycles. The molecule has 1 aliphatic heterocycles. The van der Waals surface area contributed by atoms with Crippen LogP contribution in [0.1, 0.15) is 25.0 Å². The fourth-order valence-electron chi connectivity index (χ4n) is 2.14. The van der Waals surface area contributed by atoms with Crippen LogP contribution in [0, 0.1) is 0 Å². The third-order valence-electron chi connectivity index (χ3n) is 3.30. The predicted molar refractivity (Wildman–Crippen MR) is 77.1 cm³/mol. The number of hydrogen-bond acceptors (Lipinski definition) is 5. The number of likely N-dealkylation sites (tertiary alicyclic amines) is 1. The first kappa shape index (κ1) is 15.7. The molecule has 1 saturated heterocycles. The number of carbonyl (C=O) groups is 2. The van der Waals surface area contributed by atoms with Crippen molar-refractivity contribution in [2.24, 2.45) is 0 Å². The molecule has 2 N–H and O–H groups in total. The van der Waals surface area contributed by atoms with Crippen LogP contribution in [0.4, 0.5) is 4.79 Å². The molecule has 21 heavy (non-hydrogen) atoms. The molecule has 0 radical (unpaired) electrons. The van der Waals surface area contributed by atoms with Crippen molar-refractivity contribution in [1.82, 2.24) is 15.2 Å². The molecule has 116 valence electrons. The zero-order valence-electron chi connectivity index (χ0n) is 11.7. The second kappa shape index (κ2) is 7.94. The van der Waals surface area contributed by atoms with Gasteiger partial charge >= 0.3 is 12.0 Å². The van der Waals surface area contributed by atoms with Crippen molar-refractivity contribution in [3.8, 4) is 0 Å². The Kier molecular flexibility index (Phi) is 5.94. The smallest absolute Gasteiger partial charge is 0.317 e.